The van der Waals surface area contributed by atoms with Crippen LogP contribution < -0.4 is 5.84 Å². The van der Waals surface area contributed by atoms with Gasteiger partial charge in [-0.25, -0.2) is 5.84 Å². The number of hydrogen-bond donors (Lipinski definition) is 1. The molecule has 1 amide bonds. The molecule has 0 heterocycles. The van der Waals surface area contributed by atoms with E-state index < -0.39 is 5.91 Å². The number of hydrogen-bond acceptors (Lipinski definition) is 2. The Morgan fingerprint density at radius 1 is 2.00 bits per heavy atom. The fraction of sp³-hybridized carbons (Fsp3) is 0.400. The van der Waals surface area contributed by atoms with Gasteiger partial charge in [0.25, 0.3) is 0 Å². The lowest BCUT2D eigenvalue weighted by atomic mass is 10.6. The topological polar surface area (TPSA) is 46.3 Å². The summed E-state index contributed by atoms with van der Waals surface area (Å²) in [6, 6.07) is 0. The molecule has 0 aromatic carbocycles. The van der Waals surface area contributed by atoms with Crippen molar-refractivity contribution >= 4 is 5.91 Å². The van der Waals surface area contributed by atoms with E-state index in [0.29, 0.717) is 6.54 Å². The van der Waals surface area contributed by atoms with Crippen LogP contribution in [0.15, 0.2) is 0 Å². The second-order valence-corrected chi connectivity index (χ2v) is 1.24. The minimum absolute atomic E-state index is 0.447. The van der Waals surface area contributed by atoms with E-state index in [0.717, 1.165) is 5.01 Å². The van der Waals surface area contributed by atoms with E-state index in [1.807, 2.05) is 5.92 Å². The van der Waals surface area contributed by atoms with Crippen LogP contribution in [0.25, 0.3) is 0 Å². The van der Waals surface area contributed by atoms with Gasteiger partial charge in [0.05, 0.1) is 0 Å². The first-order valence-corrected chi connectivity index (χ1v) is 2.25. The molecule has 0 aromatic heterocycles. The fourth-order valence-corrected chi connectivity index (χ4v) is 0.227. The van der Waals surface area contributed by atoms with Crippen molar-refractivity contribution in [1.82, 2.24) is 5.01 Å². The number of amides is 1. The largest absolute Gasteiger partial charge is 0.312 e. The van der Waals surface area contributed by atoms with E-state index in [2.05, 4.69) is 0 Å². The van der Waals surface area contributed by atoms with Crippen LogP contribution in [0.4, 0.5) is 0 Å². The number of nitrogens with zero attached hydrogens (tertiary/aromatic N) is 1. The molecule has 3 nitrogen and oxygen atoms in total. The lowest BCUT2D eigenvalue weighted by molar-refractivity contribution is -0.125. The van der Waals surface area contributed by atoms with Gasteiger partial charge in [0.2, 0.25) is 0 Å². The third kappa shape index (κ3) is 1.63. The monoisotopic (exact) mass is 112 g/mol. The van der Waals surface area contributed by atoms with Gasteiger partial charge in [-0.3, -0.25) is 9.80 Å². The third-order valence-electron chi connectivity index (χ3n) is 0.725. The molecule has 0 saturated carbocycles. The van der Waals surface area contributed by atoms with E-state index in [1.165, 1.54) is 0 Å². The summed E-state index contributed by atoms with van der Waals surface area (Å²) in [5, 5.41) is 0.972. The zero-order chi connectivity index (χ0) is 6.57. The fourth-order valence-electron chi connectivity index (χ4n) is 0.227. The van der Waals surface area contributed by atoms with Crippen LogP contribution in [0.5, 0.6) is 0 Å². The van der Waals surface area contributed by atoms with Crippen LogP contribution in [0, 0.1) is 12.3 Å². The number of nitrogens with two attached hydrogens (primary N) is 1. The molecular formula is C5H8N2O. The zero-order valence-corrected chi connectivity index (χ0v) is 4.72. The van der Waals surface area contributed by atoms with E-state index in [4.69, 9.17) is 12.3 Å². The molecule has 0 aliphatic heterocycles. The number of carbonyl (C=O) groups is 1. The minimum atomic E-state index is -0.479. The molecule has 0 aliphatic carbocycles. The van der Waals surface area contributed by atoms with Crippen LogP contribution >= 0.6 is 0 Å². The van der Waals surface area contributed by atoms with Crippen LogP contribution in [0.3, 0.4) is 0 Å². The molecule has 8 heavy (non-hydrogen) atoms. The molecule has 0 bridgehead atoms. The highest BCUT2D eigenvalue weighted by Crippen LogP contribution is 1.73. The average Bonchev–Trinajstić information content (AvgIpc) is 1.84. The maximum atomic E-state index is 10.3. The average molecular weight is 112 g/mol. The first-order chi connectivity index (χ1) is 3.72. The van der Waals surface area contributed by atoms with Gasteiger partial charge in [-0.1, -0.05) is 0 Å². The van der Waals surface area contributed by atoms with Crippen molar-refractivity contribution in [2.45, 2.75) is 6.92 Å². The van der Waals surface area contributed by atoms with Crippen molar-refractivity contribution in [3.05, 3.63) is 0 Å². The Kier molecular flexibility index (Phi) is 2.67. The Bertz CT molecular complexity index is 125. The molecule has 44 valence electrons. The van der Waals surface area contributed by atoms with Crippen molar-refractivity contribution in [1.29, 1.82) is 0 Å². The summed E-state index contributed by atoms with van der Waals surface area (Å²) in [5.74, 6) is 6.47. The van der Waals surface area contributed by atoms with Gasteiger partial charge in [0.1, 0.15) is 0 Å². The molecule has 0 saturated heterocycles. The molecule has 0 aliphatic rings. The molecule has 0 fully saturated rings. The summed E-state index contributed by atoms with van der Waals surface area (Å²) in [4.78, 5) is 10.3. The summed E-state index contributed by atoms with van der Waals surface area (Å²) >= 11 is 0. The Hall–Kier alpha value is -1.01. The zero-order valence-electron chi connectivity index (χ0n) is 4.72. The Balaban J connectivity index is 3.68. The highest BCUT2D eigenvalue weighted by molar-refractivity contribution is 5.92. The summed E-state index contributed by atoms with van der Waals surface area (Å²) in [7, 11) is 0. The molecule has 0 unspecified atom stereocenters. The van der Waals surface area contributed by atoms with Gasteiger partial charge in [-0.2, -0.15) is 0 Å². The Morgan fingerprint density at radius 2 is 2.50 bits per heavy atom. The lowest BCUT2D eigenvalue weighted by Crippen LogP contribution is -2.35. The molecule has 0 atom stereocenters. The number of hydrazine groups is 1. The van der Waals surface area contributed by atoms with E-state index in [1.54, 1.807) is 6.92 Å². The Labute approximate surface area is 48.4 Å². The lowest BCUT2D eigenvalue weighted by Gasteiger charge is -2.07. The standard InChI is InChI=1S/C5H8N2O/c1-3-5(8)7(6)4-2/h1H,4,6H2,2H3. The maximum absolute atomic E-state index is 10.3. The van der Waals surface area contributed by atoms with Crippen molar-refractivity contribution < 1.29 is 4.79 Å². The maximum Gasteiger partial charge on any atom is 0.312 e. The van der Waals surface area contributed by atoms with Crippen molar-refractivity contribution in [3.8, 4) is 12.3 Å². The number of terminal acetylenes is 1. The van der Waals surface area contributed by atoms with Gasteiger partial charge < -0.3 is 0 Å². The SMILES string of the molecule is C#CC(=O)N(N)CC. The highest BCUT2D eigenvalue weighted by atomic mass is 16.2. The van der Waals surface area contributed by atoms with Crippen molar-refractivity contribution in [2.24, 2.45) is 5.84 Å². The number of carbonyl (C=O) groups excluding carboxylic acids is 1. The van der Waals surface area contributed by atoms with E-state index in [9.17, 15) is 4.79 Å². The summed E-state index contributed by atoms with van der Waals surface area (Å²) in [5.41, 5.74) is 0. The molecule has 0 radical (unpaired) electrons. The van der Waals surface area contributed by atoms with Gasteiger partial charge in [-0.05, 0) is 12.8 Å². The molecule has 2 N–H and O–H groups in total. The Morgan fingerprint density at radius 3 is 2.62 bits per heavy atom. The molecule has 0 spiro atoms. The second kappa shape index (κ2) is 3.05. The van der Waals surface area contributed by atoms with Gasteiger partial charge >= 0.3 is 5.91 Å². The van der Waals surface area contributed by atoms with Crippen molar-refractivity contribution in [3.63, 3.8) is 0 Å². The normalized spacial score (nSPS) is 7.62. The molecule has 0 rings (SSSR count). The second-order valence-electron chi connectivity index (χ2n) is 1.24. The van der Waals surface area contributed by atoms with Crippen LogP contribution in [-0.2, 0) is 4.79 Å². The smallest absolute Gasteiger partial charge is 0.270 e. The minimum Gasteiger partial charge on any atom is -0.270 e. The van der Waals surface area contributed by atoms with E-state index >= 15 is 0 Å². The quantitative estimate of drug-likeness (QED) is 0.212. The predicted octanol–water partition coefficient (Wildman–Crippen LogP) is -0.658. The van der Waals surface area contributed by atoms with E-state index in [-0.39, 0.29) is 0 Å². The third-order valence-corrected chi connectivity index (χ3v) is 0.725. The first-order valence-electron chi connectivity index (χ1n) is 2.25. The van der Waals surface area contributed by atoms with Crippen molar-refractivity contribution in [2.75, 3.05) is 6.54 Å². The highest BCUT2D eigenvalue weighted by Gasteiger charge is 1.98. The van der Waals surface area contributed by atoms with Crippen LogP contribution in [0.1, 0.15) is 6.92 Å². The molecular weight excluding hydrogens is 104 g/mol. The van der Waals surface area contributed by atoms with Crippen LogP contribution in [-0.4, -0.2) is 17.5 Å². The van der Waals surface area contributed by atoms with Gasteiger partial charge in [0.15, 0.2) is 0 Å². The molecule has 0 aromatic rings. The predicted molar refractivity (Wildman–Crippen MR) is 30.4 cm³/mol. The van der Waals surface area contributed by atoms with Gasteiger partial charge in [-0.15, -0.1) is 6.42 Å². The van der Waals surface area contributed by atoms with Gasteiger partial charge in [0, 0.05) is 6.54 Å². The van der Waals surface area contributed by atoms with Crippen LogP contribution in [0.2, 0.25) is 0 Å². The number of rotatable bonds is 1. The first kappa shape index (κ1) is 6.99. The molecule has 3 heteroatoms. The summed E-state index contributed by atoms with van der Waals surface area (Å²) < 4.78 is 0. The summed E-state index contributed by atoms with van der Waals surface area (Å²) in [6.07, 6.45) is 4.73. The summed E-state index contributed by atoms with van der Waals surface area (Å²) in [6.45, 7) is 2.19.